The zero-order valence-corrected chi connectivity index (χ0v) is 9.14. The van der Waals surface area contributed by atoms with Crippen molar-refractivity contribution in [2.75, 3.05) is 31.3 Å². The van der Waals surface area contributed by atoms with E-state index in [1.807, 2.05) is 6.92 Å². The first-order valence-corrected chi connectivity index (χ1v) is 5.89. The zero-order chi connectivity index (χ0) is 10.4. The Kier molecular flexibility index (Phi) is 4.71. The first-order valence-electron chi connectivity index (χ1n) is 4.74. The molecule has 1 unspecified atom stereocenters. The van der Waals surface area contributed by atoms with Crippen LogP contribution in [-0.4, -0.2) is 48.0 Å². The van der Waals surface area contributed by atoms with Gasteiger partial charge in [0.25, 0.3) is 0 Å². The Hall–Kier alpha value is -0.260. The van der Waals surface area contributed by atoms with E-state index in [2.05, 4.69) is 0 Å². The second kappa shape index (κ2) is 5.58. The number of aliphatic carboxylic acids is 1. The molecule has 0 spiro atoms. The SMILES string of the molecule is CCOCCOC1(C(=O)O)CCSC1. The van der Waals surface area contributed by atoms with Crippen LogP contribution in [0.1, 0.15) is 13.3 Å². The molecule has 14 heavy (non-hydrogen) atoms. The fourth-order valence-corrected chi connectivity index (χ4v) is 2.63. The van der Waals surface area contributed by atoms with Gasteiger partial charge in [-0.1, -0.05) is 0 Å². The fourth-order valence-electron chi connectivity index (χ4n) is 1.33. The number of hydrogen-bond donors (Lipinski definition) is 1. The van der Waals surface area contributed by atoms with Gasteiger partial charge in [0.15, 0.2) is 5.60 Å². The average molecular weight is 220 g/mol. The molecular weight excluding hydrogens is 204 g/mol. The monoisotopic (exact) mass is 220 g/mol. The Bertz CT molecular complexity index is 189. The molecule has 1 aliphatic rings. The van der Waals surface area contributed by atoms with Crippen molar-refractivity contribution in [2.24, 2.45) is 0 Å². The second-order valence-electron chi connectivity index (χ2n) is 3.15. The molecule has 0 amide bonds. The summed E-state index contributed by atoms with van der Waals surface area (Å²) in [7, 11) is 0. The summed E-state index contributed by atoms with van der Waals surface area (Å²) in [5, 5.41) is 9.04. The summed E-state index contributed by atoms with van der Waals surface area (Å²) in [6.45, 7) is 3.37. The highest BCUT2D eigenvalue weighted by molar-refractivity contribution is 7.99. The maximum Gasteiger partial charge on any atom is 0.336 e. The highest BCUT2D eigenvalue weighted by Crippen LogP contribution is 2.31. The summed E-state index contributed by atoms with van der Waals surface area (Å²) < 4.78 is 10.5. The molecule has 1 N–H and O–H groups in total. The Morgan fingerprint density at radius 1 is 1.57 bits per heavy atom. The van der Waals surface area contributed by atoms with Gasteiger partial charge in [-0.3, -0.25) is 0 Å². The van der Waals surface area contributed by atoms with Crippen molar-refractivity contribution in [3.05, 3.63) is 0 Å². The van der Waals surface area contributed by atoms with E-state index < -0.39 is 11.6 Å². The van der Waals surface area contributed by atoms with Gasteiger partial charge in [-0.05, 0) is 19.1 Å². The van der Waals surface area contributed by atoms with E-state index in [9.17, 15) is 4.79 Å². The number of thioether (sulfide) groups is 1. The Labute approximate surface area is 88.0 Å². The molecule has 0 aromatic rings. The molecule has 1 aliphatic heterocycles. The maximum atomic E-state index is 11.0. The maximum absolute atomic E-state index is 11.0. The highest BCUT2D eigenvalue weighted by Gasteiger charge is 2.42. The van der Waals surface area contributed by atoms with E-state index in [1.54, 1.807) is 11.8 Å². The quantitative estimate of drug-likeness (QED) is 0.677. The number of hydrogen-bond acceptors (Lipinski definition) is 4. The van der Waals surface area contributed by atoms with Gasteiger partial charge < -0.3 is 14.6 Å². The summed E-state index contributed by atoms with van der Waals surface area (Å²) in [5.41, 5.74) is -0.957. The Balaban J connectivity index is 2.33. The van der Waals surface area contributed by atoms with Crippen molar-refractivity contribution in [1.82, 2.24) is 0 Å². The van der Waals surface area contributed by atoms with Crippen molar-refractivity contribution in [2.45, 2.75) is 18.9 Å². The van der Waals surface area contributed by atoms with Crippen LogP contribution in [0.3, 0.4) is 0 Å². The van der Waals surface area contributed by atoms with Crippen LogP contribution in [-0.2, 0) is 14.3 Å². The van der Waals surface area contributed by atoms with Gasteiger partial charge in [0.1, 0.15) is 0 Å². The van der Waals surface area contributed by atoms with Gasteiger partial charge in [-0.2, -0.15) is 11.8 Å². The van der Waals surface area contributed by atoms with E-state index in [1.165, 1.54) is 0 Å². The molecule has 0 radical (unpaired) electrons. The third kappa shape index (κ3) is 2.87. The zero-order valence-electron chi connectivity index (χ0n) is 8.32. The third-order valence-corrected chi connectivity index (χ3v) is 3.35. The summed E-state index contributed by atoms with van der Waals surface area (Å²) in [5.74, 6) is 0.564. The Morgan fingerprint density at radius 2 is 2.36 bits per heavy atom. The summed E-state index contributed by atoms with van der Waals surface area (Å²) in [4.78, 5) is 11.0. The molecule has 5 heteroatoms. The van der Waals surface area contributed by atoms with Crippen molar-refractivity contribution >= 4 is 17.7 Å². The van der Waals surface area contributed by atoms with Crippen LogP contribution in [0.25, 0.3) is 0 Å². The van der Waals surface area contributed by atoms with Gasteiger partial charge in [-0.25, -0.2) is 4.79 Å². The molecule has 1 saturated heterocycles. The van der Waals surface area contributed by atoms with Crippen LogP contribution in [0.4, 0.5) is 0 Å². The molecule has 1 fully saturated rings. The molecule has 0 bridgehead atoms. The van der Waals surface area contributed by atoms with Gasteiger partial charge >= 0.3 is 5.97 Å². The molecular formula is C9H16O4S. The van der Waals surface area contributed by atoms with Crippen molar-refractivity contribution in [3.63, 3.8) is 0 Å². The predicted molar refractivity (Wildman–Crippen MR) is 54.8 cm³/mol. The predicted octanol–water partition coefficient (Wildman–Crippen LogP) is 1.000. The number of ether oxygens (including phenoxy) is 2. The second-order valence-corrected chi connectivity index (χ2v) is 4.25. The van der Waals surface area contributed by atoms with E-state index >= 15 is 0 Å². The van der Waals surface area contributed by atoms with Crippen molar-refractivity contribution in [3.8, 4) is 0 Å². The van der Waals surface area contributed by atoms with Gasteiger partial charge in [0.05, 0.1) is 13.2 Å². The minimum atomic E-state index is -0.957. The van der Waals surface area contributed by atoms with E-state index in [0.717, 1.165) is 5.75 Å². The third-order valence-electron chi connectivity index (χ3n) is 2.19. The molecule has 1 heterocycles. The molecule has 4 nitrogen and oxygen atoms in total. The largest absolute Gasteiger partial charge is 0.479 e. The summed E-state index contributed by atoms with van der Waals surface area (Å²) in [6, 6.07) is 0. The molecule has 0 aromatic heterocycles. The van der Waals surface area contributed by atoms with Crippen LogP contribution in [0, 0.1) is 0 Å². The first-order chi connectivity index (χ1) is 6.71. The standard InChI is InChI=1S/C9H16O4S/c1-2-12-4-5-13-9(8(10)11)3-6-14-7-9/h2-7H2,1H3,(H,10,11). The first kappa shape index (κ1) is 11.8. The highest BCUT2D eigenvalue weighted by atomic mass is 32.2. The topological polar surface area (TPSA) is 55.8 Å². The fraction of sp³-hybridized carbons (Fsp3) is 0.889. The molecule has 0 aromatic carbocycles. The van der Waals surface area contributed by atoms with Gasteiger partial charge in [0.2, 0.25) is 0 Å². The van der Waals surface area contributed by atoms with E-state index in [-0.39, 0.29) is 0 Å². The van der Waals surface area contributed by atoms with Crippen LogP contribution in [0.2, 0.25) is 0 Å². The lowest BCUT2D eigenvalue weighted by molar-refractivity contribution is -0.164. The van der Waals surface area contributed by atoms with Crippen LogP contribution >= 0.6 is 11.8 Å². The van der Waals surface area contributed by atoms with E-state index in [4.69, 9.17) is 14.6 Å². The minimum Gasteiger partial charge on any atom is -0.479 e. The number of rotatable bonds is 6. The molecule has 1 atom stereocenters. The Morgan fingerprint density at radius 3 is 2.86 bits per heavy atom. The lowest BCUT2D eigenvalue weighted by Crippen LogP contribution is -2.42. The summed E-state index contributed by atoms with van der Waals surface area (Å²) in [6.07, 6.45) is 0.596. The van der Waals surface area contributed by atoms with Crippen molar-refractivity contribution < 1.29 is 19.4 Å². The van der Waals surface area contributed by atoms with Gasteiger partial charge in [0, 0.05) is 12.4 Å². The van der Waals surface area contributed by atoms with Crippen LogP contribution in [0.15, 0.2) is 0 Å². The lowest BCUT2D eigenvalue weighted by atomic mass is 10.0. The smallest absolute Gasteiger partial charge is 0.336 e. The molecule has 0 saturated carbocycles. The normalized spacial score (nSPS) is 26.6. The lowest BCUT2D eigenvalue weighted by Gasteiger charge is -2.23. The number of carboxylic acids is 1. The molecule has 0 aliphatic carbocycles. The number of carbonyl (C=O) groups is 1. The van der Waals surface area contributed by atoms with Crippen molar-refractivity contribution in [1.29, 1.82) is 0 Å². The van der Waals surface area contributed by atoms with E-state index in [0.29, 0.717) is 32.0 Å². The van der Waals surface area contributed by atoms with Gasteiger partial charge in [-0.15, -0.1) is 0 Å². The number of carboxylic acid groups (broad SMARTS) is 1. The molecule has 1 rings (SSSR count). The molecule has 82 valence electrons. The van der Waals surface area contributed by atoms with Crippen LogP contribution in [0.5, 0.6) is 0 Å². The van der Waals surface area contributed by atoms with Crippen LogP contribution < -0.4 is 0 Å². The minimum absolute atomic E-state index is 0.362. The average Bonchev–Trinajstić information content (AvgIpc) is 2.62. The summed E-state index contributed by atoms with van der Waals surface area (Å²) >= 11 is 1.63.